The van der Waals surface area contributed by atoms with E-state index in [0.717, 1.165) is 0 Å². The molecule has 74 valence electrons. The third-order valence-corrected chi connectivity index (χ3v) is 2.45. The lowest BCUT2D eigenvalue weighted by atomic mass is 9.79. The predicted molar refractivity (Wildman–Crippen MR) is 52.4 cm³/mol. The summed E-state index contributed by atoms with van der Waals surface area (Å²) in [5.74, 6) is 0. The van der Waals surface area contributed by atoms with Crippen LogP contribution in [0.3, 0.4) is 0 Å². The molecule has 0 aromatic rings. The van der Waals surface area contributed by atoms with Crippen LogP contribution >= 0.6 is 0 Å². The van der Waals surface area contributed by atoms with Crippen LogP contribution in [0.2, 0.25) is 0 Å². The molecule has 4 heteroatoms. The van der Waals surface area contributed by atoms with Crippen molar-refractivity contribution in [2.45, 2.75) is 38.9 Å². The second-order valence-corrected chi connectivity index (χ2v) is 4.15. The minimum absolute atomic E-state index is 0.0918. The molecule has 0 aromatic heterocycles. The van der Waals surface area contributed by atoms with Gasteiger partial charge in [-0.15, -0.1) is 0 Å². The quantitative estimate of drug-likeness (QED) is 0.437. The van der Waals surface area contributed by atoms with Crippen LogP contribution in [-0.4, -0.2) is 24.7 Å². The van der Waals surface area contributed by atoms with Gasteiger partial charge < -0.3 is 22.9 Å². The summed E-state index contributed by atoms with van der Waals surface area (Å²) in [5, 5.41) is 0. The lowest BCUT2D eigenvalue weighted by Crippen LogP contribution is -2.59. The molecule has 0 heterocycles. The third kappa shape index (κ3) is 2.71. The van der Waals surface area contributed by atoms with Gasteiger partial charge in [-0.05, 0) is 18.9 Å². The van der Waals surface area contributed by atoms with Crippen LogP contribution in [0.25, 0.3) is 0 Å². The molecule has 3 atom stereocenters. The smallest absolute Gasteiger partial charge is 0.0349 e. The van der Waals surface area contributed by atoms with Crippen LogP contribution in [0, 0.1) is 5.41 Å². The van der Waals surface area contributed by atoms with Gasteiger partial charge in [-0.2, -0.15) is 0 Å². The summed E-state index contributed by atoms with van der Waals surface area (Å²) in [6.45, 7) is 6.38. The Bertz CT molecular complexity index is 133. The van der Waals surface area contributed by atoms with Gasteiger partial charge in [0.1, 0.15) is 0 Å². The zero-order valence-electron chi connectivity index (χ0n) is 8.25. The maximum Gasteiger partial charge on any atom is 0.0349 e. The van der Waals surface area contributed by atoms with E-state index in [2.05, 4.69) is 0 Å². The lowest BCUT2D eigenvalue weighted by Gasteiger charge is -2.35. The Morgan fingerprint density at radius 1 is 1.17 bits per heavy atom. The zero-order chi connectivity index (χ0) is 9.94. The Kier molecular flexibility index (Phi) is 4.13. The van der Waals surface area contributed by atoms with Gasteiger partial charge in [0.25, 0.3) is 0 Å². The summed E-state index contributed by atoms with van der Waals surface area (Å²) < 4.78 is 0. The Morgan fingerprint density at radius 2 is 1.58 bits per heavy atom. The predicted octanol–water partition coefficient (Wildman–Crippen LogP) is -1.03. The van der Waals surface area contributed by atoms with E-state index in [1.165, 1.54) is 0 Å². The minimum atomic E-state index is -0.191. The molecular weight excluding hydrogens is 152 g/mol. The first-order chi connectivity index (χ1) is 5.33. The monoisotopic (exact) mass is 174 g/mol. The summed E-state index contributed by atoms with van der Waals surface area (Å²) in [5.41, 5.74) is 22.8. The highest BCUT2D eigenvalue weighted by Gasteiger charge is 2.31. The van der Waals surface area contributed by atoms with Gasteiger partial charge in [0.05, 0.1) is 0 Å². The van der Waals surface area contributed by atoms with Crippen molar-refractivity contribution in [1.29, 1.82) is 0 Å². The molecule has 0 aliphatic carbocycles. The fraction of sp³-hybridized carbons (Fsp3) is 1.00. The third-order valence-electron chi connectivity index (χ3n) is 2.45. The van der Waals surface area contributed by atoms with Gasteiger partial charge in [0.2, 0.25) is 0 Å². The highest BCUT2D eigenvalue weighted by molar-refractivity contribution is 4.93. The highest BCUT2D eigenvalue weighted by Crippen LogP contribution is 2.19. The fourth-order valence-corrected chi connectivity index (χ4v) is 0.984. The Morgan fingerprint density at radius 3 is 1.83 bits per heavy atom. The molecule has 0 spiro atoms. The largest absolute Gasteiger partial charge is 0.330 e. The van der Waals surface area contributed by atoms with E-state index < -0.39 is 0 Å². The van der Waals surface area contributed by atoms with Crippen molar-refractivity contribution in [2.24, 2.45) is 28.3 Å². The molecule has 0 bridgehead atoms. The van der Waals surface area contributed by atoms with E-state index >= 15 is 0 Å². The van der Waals surface area contributed by atoms with Gasteiger partial charge in [0, 0.05) is 18.1 Å². The summed E-state index contributed by atoms with van der Waals surface area (Å²) in [7, 11) is 0. The van der Waals surface area contributed by atoms with Crippen LogP contribution in [0.1, 0.15) is 20.8 Å². The molecular formula is C8H22N4. The molecule has 0 radical (unpaired) electrons. The normalized spacial score (nSPS) is 20.2. The fourth-order valence-electron chi connectivity index (χ4n) is 0.984. The Hall–Kier alpha value is -0.160. The molecule has 0 fully saturated rings. The average molecular weight is 174 g/mol. The molecule has 0 rings (SSSR count). The van der Waals surface area contributed by atoms with Gasteiger partial charge in [-0.1, -0.05) is 13.8 Å². The average Bonchev–Trinajstić information content (AvgIpc) is 2.01. The van der Waals surface area contributed by atoms with Crippen molar-refractivity contribution in [2.75, 3.05) is 6.54 Å². The van der Waals surface area contributed by atoms with Crippen molar-refractivity contribution >= 4 is 0 Å². The van der Waals surface area contributed by atoms with Crippen molar-refractivity contribution < 1.29 is 0 Å². The van der Waals surface area contributed by atoms with E-state index in [4.69, 9.17) is 22.9 Å². The van der Waals surface area contributed by atoms with Gasteiger partial charge in [-0.3, -0.25) is 0 Å². The Balaban J connectivity index is 4.27. The lowest BCUT2D eigenvalue weighted by molar-refractivity contribution is 0.247. The SMILES string of the molecule is CC(N)C(N)C(N)C(C)(C)CN. The van der Waals surface area contributed by atoms with E-state index in [1.54, 1.807) is 0 Å². The maximum absolute atomic E-state index is 5.92. The topological polar surface area (TPSA) is 104 Å². The van der Waals surface area contributed by atoms with E-state index in [0.29, 0.717) is 6.54 Å². The molecule has 0 saturated heterocycles. The first-order valence-corrected chi connectivity index (χ1v) is 4.29. The van der Waals surface area contributed by atoms with Gasteiger partial charge in [-0.25, -0.2) is 0 Å². The summed E-state index contributed by atoms with van der Waals surface area (Å²) in [6.07, 6.45) is 0. The van der Waals surface area contributed by atoms with E-state index in [-0.39, 0.29) is 23.5 Å². The number of hydrogen-bond donors (Lipinski definition) is 4. The van der Waals surface area contributed by atoms with Crippen LogP contribution < -0.4 is 22.9 Å². The van der Waals surface area contributed by atoms with Crippen molar-refractivity contribution in [3.05, 3.63) is 0 Å². The molecule has 12 heavy (non-hydrogen) atoms. The first-order valence-electron chi connectivity index (χ1n) is 4.29. The molecule has 0 aromatic carbocycles. The first kappa shape index (κ1) is 11.8. The van der Waals surface area contributed by atoms with E-state index in [9.17, 15) is 0 Å². The van der Waals surface area contributed by atoms with Crippen molar-refractivity contribution in [3.8, 4) is 0 Å². The second kappa shape index (κ2) is 4.18. The number of rotatable bonds is 4. The van der Waals surface area contributed by atoms with Crippen LogP contribution in [0.4, 0.5) is 0 Å². The Labute approximate surface area is 74.7 Å². The highest BCUT2D eigenvalue weighted by atomic mass is 14.9. The van der Waals surface area contributed by atoms with Crippen LogP contribution in [0.5, 0.6) is 0 Å². The molecule has 0 aliphatic heterocycles. The molecule has 4 nitrogen and oxygen atoms in total. The zero-order valence-corrected chi connectivity index (χ0v) is 8.25. The van der Waals surface area contributed by atoms with Crippen molar-refractivity contribution in [3.63, 3.8) is 0 Å². The molecule has 0 aliphatic rings. The minimum Gasteiger partial charge on any atom is -0.330 e. The molecule has 3 unspecified atom stereocenters. The van der Waals surface area contributed by atoms with Crippen LogP contribution in [0.15, 0.2) is 0 Å². The maximum atomic E-state index is 5.92. The molecule has 0 amide bonds. The van der Waals surface area contributed by atoms with Gasteiger partial charge >= 0.3 is 0 Å². The second-order valence-electron chi connectivity index (χ2n) is 4.15. The number of nitrogens with two attached hydrogens (primary N) is 4. The summed E-state index contributed by atoms with van der Waals surface area (Å²) >= 11 is 0. The van der Waals surface area contributed by atoms with E-state index in [1.807, 2.05) is 20.8 Å². The summed E-state index contributed by atoms with van der Waals surface area (Å²) in [6, 6.07) is -0.433. The summed E-state index contributed by atoms with van der Waals surface area (Å²) in [4.78, 5) is 0. The van der Waals surface area contributed by atoms with Crippen molar-refractivity contribution in [1.82, 2.24) is 0 Å². The molecule has 0 saturated carbocycles. The molecule has 8 N–H and O–H groups in total. The number of hydrogen-bond acceptors (Lipinski definition) is 4. The van der Waals surface area contributed by atoms with Gasteiger partial charge in [0.15, 0.2) is 0 Å². The van der Waals surface area contributed by atoms with Crippen LogP contribution in [-0.2, 0) is 0 Å². The standard InChI is InChI=1S/C8H22N4/c1-5(10)6(11)7(12)8(2,3)4-9/h5-7H,4,9-12H2,1-3H3.